The van der Waals surface area contributed by atoms with Crippen LogP contribution >= 0.6 is 22.9 Å². The predicted octanol–water partition coefficient (Wildman–Crippen LogP) is 1.52. The van der Waals surface area contributed by atoms with Crippen molar-refractivity contribution < 1.29 is 13.2 Å². The molecule has 4 nitrogen and oxygen atoms in total. The second-order valence-electron chi connectivity index (χ2n) is 4.94. The lowest BCUT2D eigenvalue weighted by molar-refractivity contribution is 0.0789. The zero-order valence-corrected chi connectivity index (χ0v) is 11.9. The number of rotatable bonds is 1. The molecule has 7 heteroatoms. The van der Waals surface area contributed by atoms with Crippen molar-refractivity contribution >= 4 is 38.7 Å². The zero-order chi connectivity index (χ0) is 12.9. The molecule has 2 atom stereocenters. The molecule has 0 bridgehead atoms. The standard InChI is InChI=1S/C11H12ClNO3S2/c12-9-1-10(17-4-9)11(14)13-2-7-5-18(15,16)6-8(7)3-13/h1,4,7-8H,2-3,5-6H2/t7-,8+. The molecule has 3 heterocycles. The second kappa shape index (κ2) is 4.21. The number of nitrogens with zero attached hydrogens (tertiary/aromatic N) is 1. The maximum Gasteiger partial charge on any atom is 0.263 e. The molecule has 3 rings (SSSR count). The first-order valence-electron chi connectivity index (χ1n) is 5.68. The molecule has 2 fully saturated rings. The van der Waals surface area contributed by atoms with Crippen molar-refractivity contribution in [2.45, 2.75) is 0 Å². The first-order chi connectivity index (χ1) is 8.44. The zero-order valence-electron chi connectivity index (χ0n) is 9.50. The number of thiophene rings is 1. The predicted molar refractivity (Wildman–Crippen MR) is 70.9 cm³/mol. The summed E-state index contributed by atoms with van der Waals surface area (Å²) in [6, 6.07) is 1.67. The van der Waals surface area contributed by atoms with Crippen molar-refractivity contribution in [3.05, 3.63) is 21.3 Å². The number of fused-ring (bicyclic) bond motifs is 1. The smallest absolute Gasteiger partial charge is 0.263 e. The molecule has 0 saturated carbocycles. The highest BCUT2D eigenvalue weighted by Crippen LogP contribution is 2.34. The monoisotopic (exact) mass is 305 g/mol. The van der Waals surface area contributed by atoms with Crippen LogP contribution in [-0.4, -0.2) is 43.8 Å². The van der Waals surface area contributed by atoms with Gasteiger partial charge < -0.3 is 4.90 Å². The quantitative estimate of drug-likeness (QED) is 0.790. The van der Waals surface area contributed by atoms with Crippen molar-refractivity contribution in [3.8, 4) is 0 Å². The van der Waals surface area contributed by atoms with Gasteiger partial charge in [-0.25, -0.2) is 8.42 Å². The maximum atomic E-state index is 12.2. The molecule has 0 unspecified atom stereocenters. The van der Waals surface area contributed by atoms with E-state index in [1.165, 1.54) is 11.3 Å². The van der Waals surface area contributed by atoms with E-state index in [2.05, 4.69) is 0 Å². The molecule has 98 valence electrons. The number of carbonyl (C=O) groups is 1. The molecular weight excluding hydrogens is 294 g/mol. The summed E-state index contributed by atoms with van der Waals surface area (Å²) in [5.41, 5.74) is 0. The lowest BCUT2D eigenvalue weighted by Crippen LogP contribution is -2.30. The molecule has 1 aromatic heterocycles. The SMILES string of the molecule is O=C(c1cc(Cl)cs1)N1C[C@@H]2CS(=O)(=O)C[C@@H]2C1. The van der Waals surface area contributed by atoms with Crippen molar-refractivity contribution in [3.63, 3.8) is 0 Å². The van der Waals surface area contributed by atoms with Gasteiger partial charge >= 0.3 is 0 Å². The van der Waals surface area contributed by atoms with Crippen molar-refractivity contribution in [2.24, 2.45) is 11.8 Å². The van der Waals surface area contributed by atoms with Gasteiger partial charge in [-0.15, -0.1) is 11.3 Å². The molecule has 18 heavy (non-hydrogen) atoms. The van der Waals surface area contributed by atoms with Crippen molar-refractivity contribution in [2.75, 3.05) is 24.6 Å². The van der Waals surface area contributed by atoms with Crippen LogP contribution in [0.15, 0.2) is 11.4 Å². The number of hydrogen-bond donors (Lipinski definition) is 0. The molecule has 0 aromatic carbocycles. The maximum absolute atomic E-state index is 12.2. The van der Waals surface area contributed by atoms with Gasteiger partial charge in [-0.2, -0.15) is 0 Å². The first-order valence-corrected chi connectivity index (χ1v) is 8.76. The lowest BCUT2D eigenvalue weighted by atomic mass is 10.0. The summed E-state index contributed by atoms with van der Waals surface area (Å²) in [5.74, 6) is 0.668. The average molecular weight is 306 g/mol. The fraction of sp³-hybridized carbons (Fsp3) is 0.545. The molecule has 2 saturated heterocycles. The van der Waals surface area contributed by atoms with Crippen LogP contribution in [0.5, 0.6) is 0 Å². The van der Waals surface area contributed by atoms with Gasteiger partial charge in [-0.1, -0.05) is 11.6 Å². The van der Waals surface area contributed by atoms with Gasteiger partial charge in [0.2, 0.25) is 0 Å². The Morgan fingerprint density at radius 1 is 1.33 bits per heavy atom. The van der Waals surface area contributed by atoms with E-state index in [0.717, 1.165) is 0 Å². The van der Waals surface area contributed by atoms with E-state index in [9.17, 15) is 13.2 Å². The van der Waals surface area contributed by atoms with Gasteiger partial charge in [-0.3, -0.25) is 4.79 Å². The first kappa shape index (κ1) is 12.4. The third kappa shape index (κ3) is 2.17. The highest BCUT2D eigenvalue weighted by atomic mass is 35.5. The topological polar surface area (TPSA) is 54.5 Å². The van der Waals surface area contributed by atoms with Gasteiger partial charge in [0.1, 0.15) is 0 Å². The van der Waals surface area contributed by atoms with Crippen LogP contribution < -0.4 is 0 Å². The van der Waals surface area contributed by atoms with Gasteiger partial charge in [0.15, 0.2) is 9.84 Å². The fourth-order valence-corrected chi connectivity index (χ4v) is 6.02. The van der Waals surface area contributed by atoms with Gasteiger partial charge in [-0.05, 0) is 17.9 Å². The van der Waals surface area contributed by atoms with E-state index in [-0.39, 0.29) is 29.2 Å². The van der Waals surface area contributed by atoms with Crippen molar-refractivity contribution in [1.82, 2.24) is 4.90 Å². The third-order valence-corrected chi connectivity index (χ3v) is 6.72. The van der Waals surface area contributed by atoms with E-state index < -0.39 is 9.84 Å². The Bertz CT molecular complexity index is 575. The minimum Gasteiger partial charge on any atom is -0.337 e. The number of hydrogen-bond acceptors (Lipinski definition) is 4. The Labute approximate surface area is 114 Å². The Kier molecular flexibility index (Phi) is 2.91. The highest BCUT2D eigenvalue weighted by Gasteiger charge is 2.45. The van der Waals surface area contributed by atoms with Crippen molar-refractivity contribution in [1.29, 1.82) is 0 Å². The molecule has 1 aromatic rings. The Hall–Kier alpha value is -0.590. The average Bonchev–Trinajstić information content (AvgIpc) is 2.89. The molecule has 0 aliphatic carbocycles. The fourth-order valence-electron chi connectivity index (χ4n) is 2.78. The number of carbonyl (C=O) groups excluding carboxylic acids is 1. The number of likely N-dealkylation sites (tertiary alicyclic amines) is 1. The van der Waals surface area contributed by atoms with E-state index in [0.29, 0.717) is 23.0 Å². The van der Waals surface area contributed by atoms with E-state index >= 15 is 0 Å². The van der Waals surface area contributed by atoms with Gasteiger partial charge in [0.25, 0.3) is 5.91 Å². The van der Waals surface area contributed by atoms with Gasteiger partial charge in [0.05, 0.1) is 21.4 Å². The number of amides is 1. The second-order valence-corrected chi connectivity index (χ2v) is 8.44. The van der Waals surface area contributed by atoms with Crippen LogP contribution in [0.3, 0.4) is 0 Å². The third-order valence-electron chi connectivity index (χ3n) is 3.58. The normalized spacial score (nSPS) is 29.5. The number of halogens is 1. The number of sulfone groups is 1. The van der Waals surface area contributed by atoms with Crippen LogP contribution in [0.1, 0.15) is 9.67 Å². The van der Waals surface area contributed by atoms with E-state index in [1.54, 1.807) is 16.3 Å². The summed E-state index contributed by atoms with van der Waals surface area (Å²) in [6.07, 6.45) is 0. The van der Waals surface area contributed by atoms with Crippen LogP contribution in [0.2, 0.25) is 5.02 Å². The Morgan fingerprint density at radius 2 is 1.94 bits per heavy atom. The molecule has 2 aliphatic heterocycles. The molecule has 1 amide bonds. The molecular formula is C11H12ClNO3S2. The van der Waals surface area contributed by atoms with Crippen LogP contribution in [0.4, 0.5) is 0 Å². The van der Waals surface area contributed by atoms with Crippen LogP contribution in [-0.2, 0) is 9.84 Å². The van der Waals surface area contributed by atoms with Gasteiger partial charge in [0, 0.05) is 18.5 Å². The largest absolute Gasteiger partial charge is 0.337 e. The van der Waals surface area contributed by atoms with E-state index in [4.69, 9.17) is 11.6 Å². The molecule has 0 radical (unpaired) electrons. The summed E-state index contributed by atoms with van der Waals surface area (Å²) in [6.45, 7) is 1.11. The molecule has 0 spiro atoms. The molecule has 2 aliphatic rings. The lowest BCUT2D eigenvalue weighted by Gasteiger charge is -2.16. The summed E-state index contributed by atoms with van der Waals surface area (Å²) in [7, 11) is -2.87. The van der Waals surface area contributed by atoms with E-state index in [1.807, 2.05) is 0 Å². The Morgan fingerprint density at radius 3 is 2.44 bits per heavy atom. The highest BCUT2D eigenvalue weighted by molar-refractivity contribution is 7.91. The minimum atomic E-state index is -2.87. The summed E-state index contributed by atoms with van der Waals surface area (Å²) < 4.78 is 23.0. The summed E-state index contributed by atoms with van der Waals surface area (Å²) >= 11 is 7.14. The molecule has 0 N–H and O–H groups in total. The summed E-state index contributed by atoms with van der Waals surface area (Å²) in [4.78, 5) is 14.6. The van der Waals surface area contributed by atoms with Crippen LogP contribution in [0, 0.1) is 11.8 Å². The van der Waals surface area contributed by atoms with Crippen LogP contribution in [0.25, 0.3) is 0 Å². The minimum absolute atomic E-state index is 0.0290. The Balaban J connectivity index is 1.73. The summed E-state index contributed by atoms with van der Waals surface area (Å²) in [5, 5.41) is 2.31.